The summed E-state index contributed by atoms with van der Waals surface area (Å²) in [6.45, 7) is 5.61. The maximum atomic E-state index is 5.81. The van der Waals surface area contributed by atoms with Crippen molar-refractivity contribution in [2.75, 3.05) is 12.3 Å². The molecule has 3 N–H and O–H groups in total. The zero-order chi connectivity index (χ0) is 12.3. The number of nitrogen functional groups attached to an aromatic ring is 1. The number of thiazole rings is 1. The normalized spacial score (nSPS) is 23.6. The van der Waals surface area contributed by atoms with Crippen molar-refractivity contribution < 1.29 is 0 Å². The molecule has 1 heterocycles. The molecule has 0 aromatic carbocycles. The number of fused-ring (bicyclic) bond motifs is 1. The van der Waals surface area contributed by atoms with Crippen LogP contribution < -0.4 is 11.1 Å². The molecule has 1 aliphatic rings. The second-order valence-corrected chi connectivity index (χ2v) is 6.05. The smallest absolute Gasteiger partial charge is 0.180 e. The first-order valence-corrected chi connectivity index (χ1v) is 7.53. The standard InChI is InChI=1S/C13H23N3S/c1-3-5-9-7-11-12(17-13(14)16-11)8-10(9)15-6-4-2/h9-10,15H,3-8H2,1-2H3,(H2,14,16). The first kappa shape index (κ1) is 12.8. The van der Waals surface area contributed by atoms with Crippen LogP contribution in [0.5, 0.6) is 0 Å². The Balaban J connectivity index is 2.09. The zero-order valence-corrected chi connectivity index (χ0v) is 11.6. The lowest BCUT2D eigenvalue weighted by atomic mass is 9.83. The molecule has 0 spiro atoms. The lowest BCUT2D eigenvalue weighted by Gasteiger charge is -2.31. The summed E-state index contributed by atoms with van der Waals surface area (Å²) in [4.78, 5) is 5.87. The molecule has 0 saturated heterocycles. The summed E-state index contributed by atoms with van der Waals surface area (Å²) in [7, 11) is 0. The van der Waals surface area contributed by atoms with Gasteiger partial charge in [0.1, 0.15) is 0 Å². The summed E-state index contributed by atoms with van der Waals surface area (Å²) in [5, 5.41) is 4.43. The Morgan fingerprint density at radius 2 is 2.18 bits per heavy atom. The quantitative estimate of drug-likeness (QED) is 0.848. The van der Waals surface area contributed by atoms with Crippen LogP contribution in [0.15, 0.2) is 0 Å². The Kier molecular flexibility index (Phi) is 4.40. The van der Waals surface area contributed by atoms with Crippen LogP contribution in [-0.2, 0) is 12.8 Å². The van der Waals surface area contributed by atoms with E-state index in [1.807, 2.05) is 0 Å². The number of aromatic nitrogens is 1. The maximum Gasteiger partial charge on any atom is 0.180 e. The molecule has 3 nitrogen and oxygen atoms in total. The number of hydrogen-bond donors (Lipinski definition) is 2. The average Bonchev–Trinajstić information content (AvgIpc) is 2.65. The highest BCUT2D eigenvalue weighted by atomic mass is 32.1. The average molecular weight is 253 g/mol. The summed E-state index contributed by atoms with van der Waals surface area (Å²) >= 11 is 1.67. The largest absolute Gasteiger partial charge is 0.375 e. The predicted octanol–water partition coefficient (Wildman–Crippen LogP) is 2.61. The van der Waals surface area contributed by atoms with Crippen LogP contribution in [0, 0.1) is 5.92 Å². The van der Waals surface area contributed by atoms with Gasteiger partial charge in [-0.25, -0.2) is 4.98 Å². The van der Waals surface area contributed by atoms with Crippen molar-refractivity contribution in [2.24, 2.45) is 5.92 Å². The summed E-state index contributed by atoms with van der Waals surface area (Å²) in [5.74, 6) is 0.737. The molecule has 1 aromatic rings. The minimum atomic E-state index is 0.627. The van der Waals surface area contributed by atoms with Crippen molar-refractivity contribution >= 4 is 16.5 Å². The Hall–Kier alpha value is -0.610. The molecule has 1 aromatic heterocycles. The van der Waals surface area contributed by atoms with Gasteiger partial charge in [-0.05, 0) is 38.1 Å². The molecule has 0 radical (unpaired) electrons. The fraction of sp³-hybridized carbons (Fsp3) is 0.769. The summed E-state index contributed by atoms with van der Waals surface area (Å²) < 4.78 is 0. The van der Waals surface area contributed by atoms with E-state index in [-0.39, 0.29) is 0 Å². The van der Waals surface area contributed by atoms with Crippen molar-refractivity contribution in [3.8, 4) is 0 Å². The number of anilines is 1. The molecule has 1 aliphatic carbocycles. The van der Waals surface area contributed by atoms with E-state index in [0.29, 0.717) is 6.04 Å². The van der Waals surface area contributed by atoms with Crippen LogP contribution in [0.25, 0.3) is 0 Å². The van der Waals surface area contributed by atoms with Crippen LogP contribution in [-0.4, -0.2) is 17.6 Å². The van der Waals surface area contributed by atoms with Gasteiger partial charge in [-0.1, -0.05) is 20.3 Å². The van der Waals surface area contributed by atoms with Crippen molar-refractivity contribution in [3.63, 3.8) is 0 Å². The molecule has 2 atom stereocenters. The number of rotatable bonds is 5. The van der Waals surface area contributed by atoms with E-state index < -0.39 is 0 Å². The summed E-state index contributed by atoms with van der Waals surface area (Å²) in [6, 6.07) is 0.627. The van der Waals surface area contributed by atoms with Gasteiger partial charge in [-0.15, -0.1) is 11.3 Å². The topological polar surface area (TPSA) is 50.9 Å². The van der Waals surface area contributed by atoms with Crippen molar-refractivity contribution in [1.29, 1.82) is 0 Å². The zero-order valence-electron chi connectivity index (χ0n) is 10.8. The fourth-order valence-electron chi connectivity index (χ4n) is 2.72. The van der Waals surface area contributed by atoms with Gasteiger partial charge in [-0.2, -0.15) is 0 Å². The Morgan fingerprint density at radius 1 is 1.35 bits per heavy atom. The minimum absolute atomic E-state index is 0.627. The van der Waals surface area contributed by atoms with Crippen molar-refractivity contribution in [1.82, 2.24) is 10.3 Å². The van der Waals surface area contributed by atoms with Gasteiger partial charge < -0.3 is 11.1 Å². The predicted molar refractivity (Wildman–Crippen MR) is 74.4 cm³/mol. The van der Waals surface area contributed by atoms with E-state index in [0.717, 1.165) is 30.4 Å². The molecule has 96 valence electrons. The SMILES string of the molecule is CCCNC1Cc2sc(N)nc2CC1CCC. The number of nitrogens with one attached hydrogen (secondary N) is 1. The second kappa shape index (κ2) is 5.83. The number of nitrogens with zero attached hydrogens (tertiary/aromatic N) is 1. The van der Waals surface area contributed by atoms with Gasteiger partial charge in [0.2, 0.25) is 0 Å². The highest BCUT2D eigenvalue weighted by molar-refractivity contribution is 7.15. The number of nitrogens with two attached hydrogens (primary N) is 1. The molecule has 4 heteroatoms. The van der Waals surface area contributed by atoms with E-state index in [1.54, 1.807) is 11.3 Å². The molecule has 0 bridgehead atoms. The van der Waals surface area contributed by atoms with Crippen molar-refractivity contribution in [2.45, 2.75) is 52.0 Å². The van der Waals surface area contributed by atoms with E-state index in [4.69, 9.17) is 5.73 Å². The second-order valence-electron chi connectivity index (χ2n) is 4.94. The van der Waals surface area contributed by atoms with E-state index in [2.05, 4.69) is 24.1 Å². The van der Waals surface area contributed by atoms with E-state index in [1.165, 1.54) is 29.8 Å². The molecule has 2 unspecified atom stereocenters. The lowest BCUT2D eigenvalue weighted by Crippen LogP contribution is -2.42. The van der Waals surface area contributed by atoms with Gasteiger partial charge in [0.25, 0.3) is 0 Å². The molecular formula is C13H23N3S. The highest BCUT2D eigenvalue weighted by Gasteiger charge is 2.29. The van der Waals surface area contributed by atoms with E-state index >= 15 is 0 Å². The Bertz CT molecular complexity index is 362. The van der Waals surface area contributed by atoms with Crippen LogP contribution >= 0.6 is 11.3 Å². The molecule has 0 aliphatic heterocycles. The number of hydrogen-bond acceptors (Lipinski definition) is 4. The third kappa shape index (κ3) is 2.99. The first-order chi connectivity index (χ1) is 8.24. The minimum Gasteiger partial charge on any atom is -0.375 e. The molecular weight excluding hydrogens is 230 g/mol. The van der Waals surface area contributed by atoms with Gasteiger partial charge >= 0.3 is 0 Å². The molecule has 0 fully saturated rings. The van der Waals surface area contributed by atoms with Crippen molar-refractivity contribution in [3.05, 3.63) is 10.6 Å². The monoisotopic (exact) mass is 253 g/mol. The van der Waals surface area contributed by atoms with Crippen LogP contribution in [0.2, 0.25) is 0 Å². The third-order valence-corrected chi connectivity index (χ3v) is 4.49. The van der Waals surface area contributed by atoms with E-state index in [9.17, 15) is 0 Å². The first-order valence-electron chi connectivity index (χ1n) is 6.72. The molecule has 0 amide bonds. The van der Waals surface area contributed by atoms with Crippen LogP contribution in [0.1, 0.15) is 43.7 Å². The molecule has 2 rings (SSSR count). The summed E-state index contributed by atoms with van der Waals surface area (Å²) in [6.07, 6.45) is 5.97. The van der Waals surface area contributed by atoms with Gasteiger partial charge in [-0.3, -0.25) is 0 Å². The van der Waals surface area contributed by atoms with Gasteiger partial charge in [0.05, 0.1) is 5.69 Å². The van der Waals surface area contributed by atoms with Crippen LogP contribution in [0.3, 0.4) is 0 Å². The van der Waals surface area contributed by atoms with Crippen LogP contribution in [0.4, 0.5) is 5.13 Å². The summed E-state index contributed by atoms with van der Waals surface area (Å²) in [5.41, 5.74) is 7.07. The molecule has 0 saturated carbocycles. The fourth-order valence-corrected chi connectivity index (χ4v) is 3.64. The Morgan fingerprint density at radius 3 is 2.88 bits per heavy atom. The Labute approximate surface area is 108 Å². The van der Waals surface area contributed by atoms with Gasteiger partial charge in [0, 0.05) is 10.9 Å². The third-order valence-electron chi connectivity index (χ3n) is 3.54. The lowest BCUT2D eigenvalue weighted by molar-refractivity contribution is 0.310. The maximum absolute atomic E-state index is 5.81. The van der Waals surface area contributed by atoms with Gasteiger partial charge in [0.15, 0.2) is 5.13 Å². The highest BCUT2D eigenvalue weighted by Crippen LogP contribution is 2.33. The molecule has 17 heavy (non-hydrogen) atoms.